The third kappa shape index (κ3) is 3.46. The van der Waals surface area contributed by atoms with Gasteiger partial charge in [0, 0.05) is 10.9 Å². The van der Waals surface area contributed by atoms with Crippen molar-refractivity contribution in [3.05, 3.63) is 35.7 Å². The molecule has 118 valence electrons. The van der Waals surface area contributed by atoms with Crippen LogP contribution in [0.4, 0.5) is 5.69 Å². The highest BCUT2D eigenvalue weighted by atomic mass is 32.2. The summed E-state index contributed by atoms with van der Waals surface area (Å²) in [7, 11) is 0. The number of aromatic nitrogens is 2. The standard InChI is InChI=1S/C16H15N3O2S2/c1-2-21-12(20)9-23-16-18-14(10-6-4-3-5-7-10)13-11(17)8-22-15(13)19-16/h3-8H,2,9,17H2,1H3. The van der Waals surface area contributed by atoms with Gasteiger partial charge in [0.25, 0.3) is 0 Å². The average molecular weight is 345 g/mol. The molecule has 0 radical (unpaired) electrons. The Morgan fingerprint density at radius 2 is 2.09 bits per heavy atom. The number of carbonyl (C=O) groups excluding carboxylic acids is 1. The van der Waals surface area contributed by atoms with E-state index in [1.165, 1.54) is 23.1 Å². The summed E-state index contributed by atoms with van der Waals surface area (Å²) in [6.07, 6.45) is 0. The normalized spacial score (nSPS) is 10.8. The number of nitrogen functional groups attached to an aromatic ring is 1. The molecular weight excluding hydrogens is 330 g/mol. The first-order valence-corrected chi connectivity index (χ1v) is 8.94. The molecule has 3 rings (SSSR count). The summed E-state index contributed by atoms with van der Waals surface area (Å²) in [5, 5.41) is 3.28. The molecule has 0 aliphatic heterocycles. The van der Waals surface area contributed by atoms with Crippen LogP contribution in [0.3, 0.4) is 0 Å². The summed E-state index contributed by atoms with van der Waals surface area (Å²) in [6, 6.07) is 9.83. The highest BCUT2D eigenvalue weighted by Crippen LogP contribution is 2.35. The predicted molar refractivity (Wildman–Crippen MR) is 94.6 cm³/mol. The van der Waals surface area contributed by atoms with E-state index < -0.39 is 0 Å². The molecule has 0 amide bonds. The smallest absolute Gasteiger partial charge is 0.316 e. The highest BCUT2D eigenvalue weighted by Gasteiger charge is 2.15. The second-order valence-corrected chi connectivity index (χ2v) is 6.49. The van der Waals surface area contributed by atoms with Crippen molar-refractivity contribution in [3.63, 3.8) is 0 Å². The monoisotopic (exact) mass is 345 g/mol. The minimum absolute atomic E-state index is 0.189. The van der Waals surface area contributed by atoms with Crippen LogP contribution < -0.4 is 5.73 Å². The second-order valence-electron chi connectivity index (χ2n) is 4.69. The number of benzene rings is 1. The summed E-state index contributed by atoms with van der Waals surface area (Å²) in [5.74, 6) is -0.0813. The number of esters is 1. The van der Waals surface area contributed by atoms with E-state index in [4.69, 9.17) is 10.5 Å². The van der Waals surface area contributed by atoms with Gasteiger partial charge in [0.05, 0.1) is 29.1 Å². The van der Waals surface area contributed by atoms with Crippen molar-refractivity contribution >= 4 is 45.0 Å². The van der Waals surface area contributed by atoms with Gasteiger partial charge in [-0.25, -0.2) is 9.97 Å². The van der Waals surface area contributed by atoms with Gasteiger partial charge in [-0.2, -0.15) is 0 Å². The van der Waals surface area contributed by atoms with Crippen LogP contribution in [0.5, 0.6) is 0 Å². The molecule has 23 heavy (non-hydrogen) atoms. The first-order chi connectivity index (χ1) is 11.2. The highest BCUT2D eigenvalue weighted by molar-refractivity contribution is 7.99. The zero-order chi connectivity index (χ0) is 16.2. The zero-order valence-electron chi connectivity index (χ0n) is 12.5. The number of thiophene rings is 1. The summed E-state index contributed by atoms with van der Waals surface area (Å²) < 4.78 is 4.94. The molecule has 0 aliphatic rings. The molecule has 3 aromatic rings. The quantitative estimate of drug-likeness (QED) is 0.432. The van der Waals surface area contributed by atoms with Gasteiger partial charge in [0.15, 0.2) is 5.16 Å². The number of ether oxygens (including phenoxy) is 1. The maximum Gasteiger partial charge on any atom is 0.316 e. The van der Waals surface area contributed by atoms with Gasteiger partial charge in [-0.05, 0) is 6.92 Å². The predicted octanol–water partition coefficient (Wildman–Crippen LogP) is 3.60. The minimum Gasteiger partial charge on any atom is -0.465 e. The van der Waals surface area contributed by atoms with Gasteiger partial charge < -0.3 is 10.5 Å². The Labute approximate surface area is 141 Å². The largest absolute Gasteiger partial charge is 0.465 e. The van der Waals surface area contributed by atoms with Crippen LogP contribution in [0.15, 0.2) is 40.9 Å². The van der Waals surface area contributed by atoms with Crippen LogP contribution in [0.2, 0.25) is 0 Å². The third-order valence-electron chi connectivity index (χ3n) is 3.11. The maximum atomic E-state index is 11.5. The second kappa shape index (κ2) is 6.97. The first-order valence-electron chi connectivity index (χ1n) is 7.07. The number of thioether (sulfide) groups is 1. The topological polar surface area (TPSA) is 78.1 Å². The van der Waals surface area contributed by atoms with Crippen LogP contribution in [-0.4, -0.2) is 28.3 Å². The molecule has 0 atom stereocenters. The molecule has 0 aliphatic carbocycles. The van der Waals surface area contributed by atoms with Crippen molar-refractivity contribution in [3.8, 4) is 11.3 Å². The Morgan fingerprint density at radius 3 is 2.83 bits per heavy atom. The molecule has 2 aromatic heterocycles. The fourth-order valence-corrected chi connectivity index (χ4v) is 3.67. The fraction of sp³-hybridized carbons (Fsp3) is 0.188. The number of hydrogen-bond acceptors (Lipinski definition) is 7. The fourth-order valence-electron chi connectivity index (χ4n) is 2.14. The lowest BCUT2D eigenvalue weighted by Crippen LogP contribution is -2.07. The van der Waals surface area contributed by atoms with Gasteiger partial charge in [-0.15, -0.1) is 11.3 Å². The number of hydrogen-bond donors (Lipinski definition) is 1. The van der Waals surface area contributed by atoms with E-state index in [0.29, 0.717) is 17.5 Å². The molecule has 0 unspecified atom stereocenters. The van der Waals surface area contributed by atoms with E-state index in [0.717, 1.165) is 21.5 Å². The van der Waals surface area contributed by atoms with Crippen molar-refractivity contribution in [2.24, 2.45) is 0 Å². The van der Waals surface area contributed by atoms with Crippen molar-refractivity contribution < 1.29 is 9.53 Å². The number of nitrogens with zero attached hydrogens (tertiary/aromatic N) is 2. The zero-order valence-corrected chi connectivity index (χ0v) is 14.1. The Bertz CT molecular complexity index is 834. The molecule has 0 saturated carbocycles. The number of nitrogens with two attached hydrogens (primary N) is 1. The van der Waals surface area contributed by atoms with Crippen LogP contribution in [0.1, 0.15) is 6.92 Å². The maximum absolute atomic E-state index is 11.5. The van der Waals surface area contributed by atoms with E-state index in [1.54, 1.807) is 6.92 Å². The van der Waals surface area contributed by atoms with Gasteiger partial charge in [-0.1, -0.05) is 42.1 Å². The molecule has 7 heteroatoms. The van der Waals surface area contributed by atoms with E-state index >= 15 is 0 Å². The van der Waals surface area contributed by atoms with Gasteiger partial charge in [0.2, 0.25) is 0 Å². The molecule has 0 saturated heterocycles. The summed E-state index contributed by atoms with van der Waals surface area (Å²) >= 11 is 2.75. The molecule has 2 heterocycles. The Hall–Kier alpha value is -2.12. The van der Waals surface area contributed by atoms with Crippen molar-refractivity contribution in [2.45, 2.75) is 12.1 Å². The Balaban J connectivity index is 2.00. The molecule has 0 bridgehead atoms. The SMILES string of the molecule is CCOC(=O)CSc1nc(-c2ccccc2)c2c(N)csc2n1. The molecule has 0 fully saturated rings. The number of fused-ring (bicyclic) bond motifs is 1. The van der Waals surface area contributed by atoms with E-state index in [2.05, 4.69) is 9.97 Å². The lowest BCUT2D eigenvalue weighted by molar-refractivity contribution is -0.139. The van der Waals surface area contributed by atoms with Crippen molar-refractivity contribution in [1.29, 1.82) is 0 Å². The number of rotatable bonds is 5. The summed E-state index contributed by atoms with van der Waals surface area (Å²) in [4.78, 5) is 21.4. The minimum atomic E-state index is -0.270. The Morgan fingerprint density at radius 1 is 1.30 bits per heavy atom. The third-order valence-corrected chi connectivity index (χ3v) is 4.82. The first kappa shape index (κ1) is 15.8. The molecule has 0 spiro atoms. The van der Waals surface area contributed by atoms with Crippen LogP contribution in [0.25, 0.3) is 21.5 Å². The van der Waals surface area contributed by atoms with Gasteiger partial charge >= 0.3 is 5.97 Å². The van der Waals surface area contributed by atoms with Crippen LogP contribution in [-0.2, 0) is 9.53 Å². The number of carbonyl (C=O) groups is 1. The van der Waals surface area contributed by atoms with Crippen LogP contribution in [0, 0.1) is 0 Å². The lowest BCUT2D eigenvalue weighted by Gasteiger charge is -2.07. The average Bonchev–Trinajstić information content (AvgIpc) is 2.95. The molecular formula is C16H15N3O2S2. The Kier molecular flexibility index (Phi) is 4.78. The lowest BCUT2D eigenvalue weighted by atomic mass is 10.1. The van der Waals surface area contributed by atoms with E-state index in [1.807, 2.05) is 35.7 Å². The van der Waals surface area contributed by atoms with E-state index in [-0.39, 0.29) is 11.7 Å². The molecule has 2 N–H and O–H groups in total. The van der Waals surface area contributed by atoms with Crippen molar-refractivity contribution in [1.82, 2.24) is 9.97 Å². The van der Waals surface area contributed by atoms with Crippen molar-refractivity contribution in [2.75, 3.05) is 18.1 Å². The summed E-state index contributed by atoms with van der Waals surface area (Å²) in [5.41, 5.74) is 8.52. The number of anilines is 1. The van der Waals surface area contributed by atoms with Crippen LogP contribution >= 0.6 is 23.1 Å². The van der Waals surface area contributed by atoms with Gasteiger partial charge in [-0.3, -0.25) is 4.79 Å². The van der Waals surface area contributed by atoms with E-state index in [9.17, 15) is 4.79 Å². The van der Waals surface area contributed by atoms with Gasteiger partial charge in [0.1, 0.15) is 4.83 Å². The summed E-state index contributed by atoms with van der Waals surface area (Å²) in [6.45, 7) is 2.16. The molecule has 5 nitrogen and oxygen atoms in total. The molecule has 1 aromatic carbocycles.